The van der Waals surface area contributed by atoms with E-state index >= 15 is 0 Å². The first-order valence-electron chi connectivity index (χ1n) is 3.95. The van der Waals surface area contributed by atoms with E-state index in [1.165, 1.54) is 5.92 Å². The Hall–Kier alpha value is 0.644. The topological polar surface area (TPSA) is 17.1 Å². The quantitative estimate of drug-likeness (QED) is 0.696. The molecular weight excluding hydrogens is 225 g/mol. The number of ketones is 1. The fourth-order valence-electron chi connectivity index (χ4n) is 0.852. The van der Waals surface area contributed by atoms with Crippen molar-refractivity contribution < 1.29 is 37.5 Å². The summed E-state index contributed by atoms with van der Waals surface area (Å²) in [5.74, 6) is 2.30. The van der Waals surface area contributed by atoms with Crippen molar-refractivity contribution in [3.05, 3.63) is 11.8 Å². The molecule has 0 N–H and O–H groups in total. The molecule has 1 nitrogen and oxygen atoms in total. The average molecular weight is 243 g/mol. The van der Waals surface area contributed by atoms with Gasteiger partial charge in [-0.15, -0.1) is 5.41 Å². The number of carbonyl (C=O) groups excluding carboxylic acids is 1. The van der Waals surface area contributed by atoms with Gasteiger partial charge in [0.05, 0.1) is 0 Å². The van der Waals surface area contributed by atoms with Gasteiger partial charge in [0.1, 0.15) is 0 Å². The molecule has 0 unspecified atom stereocenters. The maximum atomic E-state index is 11.5. The third-order valence-corrected chi connectivity index (χ3v) is 2.27. The van der Waals surface area contributed by atoms with Crippen LogP contribution in [-0.4, -0.2) is 5.78 Å². The largest absolute Gasteiger partial charge is 0.336 e. The molecule has 0 aromatic heterocycles. The number of Topliss-reactive ketones (excluding diaryl/α,β-unsaturated/α-hetero) is 1. The minimum atomic E-state index is -0.279. The Balaban J connectivity index is 0. The van der Waals surface area contributed by atoms with Crippen LogP contribution in [0.5, 0.6) is 0 Å². The molecule has 0 aliphatic carbocycles. The van der Waals surface area contributed by atoms with Gasteiger partial charge in [-0.1, -0.05) is 13.8 Å². The van der Waals surface area contributed by atoms with Gasteiger partial charge in [-0.2, -0.15) is 27.7 Å². The Morgan fingerprint density at radius 1 is 1.08 bits per heavy atom. The molecule has 0 saturated carbocycles. The molecule has 0 rings (SSSR count). The van der Waals surface area contributed by atoms with Gasteiger partial charge >= 0.3 is 0 Å². The Labute approximate surface area is 102 Å². The van der Waals surface area contributed by atoms with E-state index < -0.39 is 0 Å². The smallest absolute Gasteiger partial charge is 0 e. The van der Waals surface area contributed by atoms with E-state index in [2.05, 4.69) is 0 Å². The first kappa shape index (κ1) is 15.1. The Bertz CT molecular complexity index is 148. The first-order chi connectivity index (χ1) is 4.80. The normalized spacial score (nSPS) is 10.9. The zero-order valence-electron chi connectivity index (χ0n) is 8.99. The average Bonchev–Trinajstić information content (AvgIpc) is 1.85. The second-order valence-electron chi connectivity index (χ2n) is 3.95. The van der Waals surface area contributed by atoms with Crippen molar-refractivity contribution in [3.8, 4) is 0 Å². The molecule has 0 heterocycles. The number of hydrogen-bond donors (Lipinski definition) is 0. The maximum absolute atomic E-state index is 11.5. The Morgan fingerprint density at radius 2 is 1.42 bits per heavy atom. The molecule has 0 aromatic carbocycles. The van der Waals surface area contributed by atoms with E-state index in [1.807, 2.05) is 41.5 Å². The van der Waals surface area contributed by atoms with E-state index in [0.29, 0.717) is 0 Å². The van der Waals surface area contributed by atoms with E-state index in [4.69, 9.17) is 0 Å². The van der Waals surface area contributed by atoms with E-state index in [9.17, 15) is 4.79 Å². The summed E-state index contributed by atoms with van der Waals surface area (Å²) in [5.41, 5.74) is -0.279. The number of rotatable bonds is 3. The van der Waals surface area contributed by atoms with Gasteiger partial charge in [0.15, 0.2) is 0 Å². The zero-order valence-corrected chi connectivity index (χ0v) is 11.8. The fraction of sp³-hybridized carbons (Fsp3) is 0.700. The third kappa shape index (κ3) is 3.57. The van der Waals surface area contributed by atoms with Gasteiger partial charge in [-0.05, 0) is 5.78 Å². The van der Waals surface area contributed by atoms with Crippen molar-refractivity contribution in [3.63, 3.8) is 0 Å². The number of hydrogen-bond acceptors (Lipinski definition) is 1. The van der Waals surface area contributed by atoms with Crippen LogP contribution in [0.15, 0.2) is 0 Å². The summed E-state index contributed by atoms with van der Waals surface area (Å²) in [6.45, 7) is 11.7. The zero-order chi connectivity index (χ0) is 9.23. The second kappa shape index (κ2) is 5.39. The third-order valence-electron chi connectivity index (χ3n) is 2.27. The van der Waals surface area contributed by atoms with Crippen molar-refractivity contribution in [2.75, 3.05) is 0 Å². The predicted molar refractivity (Wildman–Crippen MR) is 48.0 cm³/mol. The van der Waals surface area contributed by atoms with Gasteiger partial charge in [0.2, 0.25) is 0 Å². The summed E-state index contributed by atoms with van der Waals surface area (Å²) in [4.78, 5) is 11.5. The van der Waals surface area contributed by atoms with Gasteiger partial charge in [-0.25, -0.2) is 0 Å². The molecule has 2 heteroatoms. The van der Waals surface area contributed by atoms with Crippen LogP contribution in [-0.2, 0) is 37.5 Å². The molecule has 0 atom stereocenters. The van der Waals surface area contributed by atoms with E-state index in [-0.39, 0.29) is 43.9 Å². The minimum absolute atomic E-state index is 0. The van der Waals surface area contributed by atoms with Crippen molar-refractivity contribution in [2.24, 2.45) is 5.41 Å². The molecule has 0 amide bonds. The van der Waals surface area contributed by atoms with Crippen molar-refractivity contribution >= 4 is 5.78 Å². The Morgan fingerprint density at radius 3 is 1.50 bits per heavy atom. The fourth-order valence-corrected chi connectivity index (χ4v) is 0.852. The van der Waals surface area contributed by atoms with Crippen molar-refractivity contribution in [1.29, 1.82) is 0 Å². The van der Waals surface area contributed by atoms with Crippen LogP contribution in [0.4, 0.5) is 0 Å². The van der Waals surface area contributed by atoms with Crippen LogP contribution in [0.2, 0.25) is 0 Å². The van der Waals surface area contributed by atoms with Crippen LogP contribution in [0, 0.1) is 17.3 Å². The number of carbonyl (C=O) groups is 1. The molecular formula is C10H18OY-2. The molecule has 69 valence electrons. The summed E-state index contributed by atoms with van der Waals surface area (Å²) in [5, 5.41) is 0. The maximum Gasteiger partial charge on any atom is 0 e. The Kier molecular flexibility index (Phi) is 6.80. The van der Waals surface area contributed by atoms with E-state index in [0.717, 1.165) is 5.92 Å². The monoisotopic (exact) mass is 243 g/mol. The van der Waals surface area contributed by atoms with Crippen LogP contribution in [0.1, 0.15) is 41.5 Å². The summed E-state index contributed by atoms with van der Waals surface area (Å²) in [6, 6.07) is 0. The minimum Gasteiger partial charge on any atom is -0.336 e. The van der Waals surface area contributed by atoms with Gasteiger partial charge in [-0.3, -0.25) is 0 Å². The van der Waals surface area contributed by atoms with Crippen LogP contribution in [0.3, 0.4) is 0 Å². The molecule has 0 saturated heterocycles. The second-order valence-corrected chi connectivity index (χ2v) is 3.95. The van der Waals surface area contributed by atoms with Crippen molar-refractivity contribution in [2.45, 2.75) is 41.5 Å². The molecule has 0 spiro atoms. The first-order valence-corrected chi connectivity index (χ1v) is 3.95. The summed E-state index contributed by atoms with van der Waals surface area (Å²) >= 11 is 0. The molecule has 0 aromatic rings. The summed E-state index contributed by atoms with van der Waals surface area (Å²) < 4.78 is 0. The van der Waals surface area contributed by atoms with Crippen molar-refractivity contribution in [1.82, 2.24) is 0 Å². The standard InChI is InChI=1S/C10H18O.Y/c1-7(2)9(11)10(5,6)8(3)4;/h1-6H3;/q-2;. The molecule has 0 aliphatic heterocycles. The summed E-state index contributed by atoms with van der Waals surface area (Å²) in [6.07, 6.45) is 0. The van der Waals surface area contributed by atoms with Crippen LogP contribution < -0.4 is 0 Å². The molecule has 1 radical (unpaired) electrons. The van der Waals surface area contributed by atoms with Crippen LogP contribution in [0.25, 0.3) is 0 Å². The SMILES string of the molecule is C[C-](C)C(=O)C(C)(C)[C-](C)C.[Y]. The molecule has 0 aliphatic rings. The van der Waals surface area contributed by atoms with Gasteiger partial charge in [0, 0.05) is 32.7 Å². The summed E-state index contributed by atoms with van der Waals surface area (Å²) in [7, 11) is 0. The molecule has 0 bridgehead atoms. The van der Waals surface area contributed by atoms with Gasteiger partial charge in [0.25, 0.3) is 0 Å². The van der Waals surface area contributed by atoms with E-state index in [1.54, 1.807) is 0 Å². The molecule has 12 heavy (non-hydrogen) atoms. The van der Waals surface area contributed by atoms with Gasteiger partial charge < -0.3 is 16.6 Å². The predicted octanol–water partition coefficient (Wildman–Crippen LogP) is 2.81. The molecule has 0 fully saturated rings. The van der Waals surface area contributed by atoms with Crippen LogP contribution >= 0.6 is 0 Å².